The minimum absolute atomic E-state index is 0.102. The van der Waals surface area contributed by atoms with Crippen molar-refractivity contribution in [1.29, 1.82) is 5.26 Å². The van der Waals surface area contributed by atoms with Crippen molar-refractivity contribution in [3.05, 3.63) is 22.4 Å². The zero-order valence-electron chi connectivity index (χ0n) is 11.0. The summed E-state index contributed by atoms with van der Waals surface area (Å²) in [5, 5.41) is 14.3. The maximum Gasteiger partial charge on any atom is 0.225 e. The number of amides is 1. The van der Waals surface area contributed by atoms with Crippen molar-refractivity contribution in [3.63, 3.8) is 0 Å². The third-order valence-electron chi connectivity index (χ3n) is 3.35. The van der Waals surface area contributed by atoms with Gasteiger partial charge in [0.15, 0.2) is 0 Å². The molecule has 1 aliphatic heterocycles. The molecule has 1 saturated heterocycles. The molecule has 0 aromatic carbocycles. The van der Waals surface area contributed by atoms with E-state index in [-0.39, 0.29) is 12.3 Å². The van der Waals surface area contributed by atoms with Gasteiger partial charge in [0, 0.05) is 24.5 Å². The van der Waals surface area contributed by atoms with Crippen molar-refractivity contribution in [1.82, 2.24) is 10.2 Å². The fraction of sp³-hybridized carbons (Fsp3) is 0.571. The highest BCUT2D eigenvalue weighted by atomic mass is 32.1. The van der Waals surface area contributed by atoms with Gasteiger partial charge in [-0.25, -0.2) is 0 Å². The number of likely N-dealkylation sites (tertiary alicyclic amines) is 1. The Bertz CT molecular complexity index is 432. The van der Waals surface area contributed by atoms with Gasteiger partial charge in [0.05, 0.1) is 12.5 Å². The number of hydrogen-bond acceptors (Lipinski definition) is 4. The third-order valence-corrected chi connectivity index (χ3v) is 4.22. The standard InChI is InChI=1S/C14H19N3OS/c15-10-12(16-11-13-5-4-8-19-13)9-14(18)17-6-2-1-3-7-17/h4-5,8,12,16H,1-3,6-7,9,11H2. The molecule has 0 bridgehead atoms. The van der Waals surface area contributed by atoms with Crippen LogP contribution in [0.3, 0.4) is 0 Å². The van der Waals surface area contributed by atoms with E-state index < -0.39 is 6.04 Å². The minimum atomic E-state index is -0.392. The molecule has 0 aliphatic carbocycles. The summed E-state index contributed by atoms with van der Waals surface area (Å²) in [6, 6.07) is 5.80. The van der Waals surface area contributed by atoms with Crippen LogP contribution in [-0.4, -0.2) is 29.9 Å². The smallest absolute Gasteiger partial charge is 0.225 e. The van der Waals surface area contributed by atoms with Gasteiger partial charge >= 0.3 is 0 Å². The van der Waals surface area contributed by atoms with E-state index in [2.05, 4.69) is 11.4 Å². The summed E-state index contributed by atoms with van der Waals surface area (Å²) in [5.41, 5.74) is 0. The van der Waals surface area contributed by atoms with Gasteiger partial charge < -0.3 is 4.90 Å². The Morgan fingerprint density at radius 3 is 2.89 bits per heavy atom. The molecule has 1 atom stereocenters. The van der Waals surface area contributed by atoms with E-state index in [0.29, 0.717) is 6.54 Å². The van der Waals surface area contributed by atoms with Crippen molar-refractivity contribution in [2.24, 2.45) is 0 Å². The third kappa shape index (κ3) is 4.34. The lowest BCUT2D eigenvalue weighted by Crippen LogP contribution is -2.40. The lowest BCUT2D eigenvalue weighted by atomic mass is 10.1. The molecule has 1 aromatic heterocycles. The molecule has 0 spiro atoms. The van der Waals surface area contributed by atoms with Crippen LogP contribution in [0.4, 0.5) is 0 Å². The second kappa shape index (κ2) is 7.27. The molecule has 5 heteroatoms. The van der Waals surface area contributed by atoms with Gasteiger partial charge in [0.25, 0.3) is 0 Å². The van der Waals surface area contributed by atoms with Crippen LogP contribution in [0.2, 0.25) is 0 Å². The normalized spacial score (nSPS) is 16.9. The van der Waals surface area contributed by atoms with Crippen molar-refractivity contribution in [3.8, 4) is 6.07 Å². The Balaban J connectivity index is 1.78. The first-order valence-corrected chi connectivity index (χ1v) is 7.60. The molecular formula is C14H19N3OS. The van der Waals surface area contributed by atoms with Gasteiger partial charge in [-0.1, -0.05) is 6.07 Å². The van der Waals surface area contributed by atoms with Crippen molar-refractivity contribution in [2.45, 2.75) is 38.3 Å². The van der Waals surface area contributed by atoms with E-state index in [1.807, 2.05) is 22.4 Å². The molecule has 102 valence electrons. The van der Waals surface area contributed by atoms with Crippen LogP contribution >= 0.6 is 11.3 Å². The molecule has 2 rings (SSSR count). The average molecular weight is 277 g/mol. The predicted octanol–water partition coefficient (Wildman–Crippen LogP) is 2.13. The quantitative estimate of drug-likeness (QED) is 0.897. The minimum Gasteiger partial charge on any atom is -0.343 e. The first kappa shape index (κ1) is 14.0. The van der Waals surface area contributed by atoms with Crippen LogP contribution in [0.1, 0.15) is 30.6 Å². The lowest BCUT2D eigenvalue weighted by Gasteiger charge is -2.27. The molecule has 19 heavy (non-hydrogen) atoms. The van der Waals surface area contributed by atoms with Crippen LogP contribution in [0, 0.1) is 11.3 Å². The maximum atomic E-state index is 12.1. The monoisotopic (exact) mass is 277 g/mol. The summed E-state index contributed by atoms with van der Waals surface area (Å²) in [6.45, 7) is 2.35. The van der Waals surface area contributed by atoms with E-state index in [0.717, 1.165) is 25.9 Å². The van der Waals surface area contributed by atoms with Gasteiger partial charge in [0.1, 0.15) is 6.04 Å². The SMILES string of the molecule is N#CC(CC(=O)N1CCCCC1)NCc1cccs1. The van der Waals surface area contributed by atoms with E-state index in [9.17, 15) is 4.79 Å². The van der Waals surface area contributed by atoms with Gasteiger partial charge in [-0.05, 0) is 30.7 Å². The van der Waals surface area contributed by atoms with E-state index in [1.165, 1.54) is 11.3 Å². The van der Waals surface area contributed by atoms with Crippen LogP contribution < -0.4 is 5.32 Å². The van der Waals surface area contributed by atoms with Gasteiger partial charge in [-0.3, -0.25) is 10.1 Å². The molecular weight excluding hydrogens is 258 g/mol. The second-order valence-corrected chi connectivity index (χ2v) is 5.82. The first-order valence-electron chi connectivity index (χ1n) is 6.73. The Kier molecular flexibility index (Phi) is 5.37. The van der Waals surface area contributed by atoms with E-state index in [4.69, 9.17) is 5.26 Å². The number of nitrogens with one attached hydrogen (secondary N) is 1. The van der Waals surface area contributed by atoms with Crippen LogP contribution in [0.15, 0.2) is 17.5 Å². The molecule has 1 aromatic rings. The number of carbonyl (C=O) groups is 1. The number of nitrogens with zero attached hydrogens (tertiary/aromatic N) is 2. The zero-order chi connectivity index (χ0) is 13.5. The molecule has 1 aliphatic rings. The number of thiophene rings is 1. The molecule has 2 heterocycles. The molecule has 0 radical (unpaired) electrons. The molecule has 1 N–H and O–H groups in total. The van der Waals surface area contributed by atoms with Gasteiger partial charge in [-0.2, -0.15) is 5.26 Å². The highest BCUT2D eigenvalue weighted by molar-refractivity contribution is 7.09. The van der Waals surface area contributed by atoms with E-state index >= 15 is 0 Å². The Hall–Kier alpha value is -1.38. The van der Waals surface area contributed by atoms with Crippen molar-refractivity contribution >= 4 is 17.2 Å². The highest BCUT2D eigenvalue weighted by Gasteiger charge is 2.20. The fourth-order valence-electron chi connectivity index (χ4n) is 2.25. The maximum absolute atomic E-state index is 12.1. The number of piperidine rings is 1. The molecule has 0 saturated carbocycles. The molecule has 1 fully saturated rings. The highest BCUT2D eigenvalue weighted by Crippen LogP contribution is 2.12. The van der Waals surface area contributed by atoms with Gasteiger partial charge in [0.2, 0.25) is 5.91 Å². The summed E-state index contributed by atoms with van der Waals surface area (Å²) in [4.78, 5) is 15.1. The summed E-state index contributed by atoms with van der Waals surface area (Å²) >= 11 is 1.66. The van der Waals surface area contributed by atoms with E-state index in [1.54, 1.807) is 11.3 Å². The number of rotatable bonds is 5. The second-order valence-electron chi connectivity index (χ2n) is 4.79. The van der Waals surface area contributed by atoms with Crippen molar-refractivity contribution < 1.29 is 4.79 Å². The summed E-state index contributed by atoms with van der Waals surface area (Å²) < 4.78 is 0. The van der Waals surface area contributed by atoms with Crippen LogP contribution in [0.5, 0.6) is 0 Å². The number of hydrogen-bond donors (Lipinski definition) is 1. The lowest BCUT2D eigenvalue weighted by molar-refractivity contribution is -0.132. The van der Waals surface area contributed by atoms with Gasteiger partial charge in [-0.15, -0.1) is 11.3 Å². The number of nitriles is 1. The summed E-state index contributed by atoms with van der Waals surface area (Å²) in [5.74, 6) is 0.102. The Morgan fingerprint density at radius 1 is 1.47 bits per heavy atom. The zero-order valence-corrected chi connectivity index (χ0v) is 11.8. The summed E-state index contributed by atoms with van der Waals surface area (Å²) in [7, 11) is 0. The topological polar surface area (TPSA) is 56.1 Å². The predicted molar refractivity (Wildman–Crippen MR) is 75.6 cm³/mol. The first-order chi connectivity index (χ1) is 9.29. The Morgan fingerprint density at radius 2 is 2.26 bits per heavy atom. The number of carbonyl (C=O) groups excluding carboxylic acids is 1. The Labute approximate surface area is 118 Å². The largest absolute Gasteiger partial charge is 0.343 e. The average Bonchev–Trinajstić information content (AvgIpc) is 2.97. The molecule has 1 amide bonds. The molecule has 4 nitrogen and oxygen atoms in total. The van der Waals surface area contributed by atoms with Crippen LogP contribution in [0.25, 0.3) is 0 Å². The van der Waals surface area contributed by atoms with Crippen LogP contribution in [-0.2, 0) is 11.3 Å². The fourth-order valence-corrected chi connectivity index (χ4v) is 2.90. The van der Waals surface area contributed by atoms with Crippen molar-refractivity contribution in [2.75, 3.05) is 13.1 Å². The molecule has 1 unspecified atom stereocenters. The summed E-state index contributed by atoms with van der Waals surface area (Å²) in [6.07, 6.45) is 3.67.